The summed E-state index contributed by atoms with van der Waals surface area (Å²) in [7, 11) is 3.96. The molecule has 1 aromatic rings. The van der Waals surface area contributed by atoms with Gasteiger partial charge >= 0.3 is 0 Å². The normalized spacial score (nSPS) is 17.1. The lowest BCUT2D eigenvalue weighted by atomic mass is 9.93. The maximum Gasteiger partial charge on any atom is 0.241 e. The third-order valence-corrected chi connectivity index (χ3v) is 4.01. The van der Waals surface area contributed by atoms with Crippen molar-refractivity contribution in [3.63, 3.8) is 0 Å². The average Bonchev–Trinajstić information content (AvgIpc) is 3.28. The molecular weight excluding hydrogens is 266 g/mol. The van der Waals surface area contributed by atoms with Gasteiger partial charge in [-0.2, -0.15) is 0 Å². The first-order chi connectivity index (χ1) is 9.99. The molecule has 0 spiro atoms. The molecule has 1 amide bonds. The van der Waals surface area contributed by atoms with Gasteiger partial charge in [-0.25, -0.2) is 0 Å². The quantitative estimate of drug-likeness (QED) is 0.759. The number of nitrogens with zero attached hydrogens (tertiary/aromatic N) is 1. The van der Waals surface area contributed by atoms with Crippen LogP contribution in [0.15, 0.2) is 24.3 Å². The van der Waals surface area contributed by atoms with Crippen molar-refractivity contribution in [2.75, 3.05) is 32.1 Å². The highest BCUT2D eigenvalue weighted by molar-refractivity contribution is 5.85. The van der Waals surface area contributed by atoms with E-state index in [1.54, 1.807) is 0 Å². The van der Waals surface area contributed by atoms with E-state index in [0.717, 1.165) is 24.3 Å². The molecule has 21 heavy (non-hydrogen) atoms. The van der Waals surface area contributed by atoms with E-state index in [9.17, 15) is 4.79 Å². The number of rotatable bonds is 8. The molecule has 5 heteroatoms. The monoisotopic (exact) mass is 291 g/mol. The van der Waals surface area contributed by atoms with Crippen LogP contribution in [0.4, 0.5) is 5.69 Å². The zero-order valence-electron chi connectivity index (χ0n) is 13.1. The van der Waals surface area contributed by atoms with Crippen LogP contribution in [-0.2, 0) is 4.79 Å². The predicted molar refractivity (Wildman–Crippen MR) is 84.6 cm³/mol. The third kappa shape index (κ3) is 3.47. The third-order valence-electron chi connectivity index (χ3n) is 4.01. The van der Waals surface area contributed by atoms with Crippen molar-refractivity contribution in [3.8, 4) is 5.75 Å². The number of likely N-dealkylation sites (N-methyl/N-ethyl adjacent to an activating group) is 1. The lowest BCUT2D eigenvalue weighted by Crippen LogP contribution is -2.61. The van der Waals surface area contributed by atoms with Crippen LogP contribution in [0.1, 0.15) is 19.8 Å². The molecule has 0 aromatic heterocycles. The highest BCUT2D eigenvalue weighted by atomic mass is 16.5. The van der Waals surface area contributed by atoms with Crippen LogP contribution in [-0.4, -0.2) is 38.7 Å². The molecule has 5 nitrogen and oxygen atoms in total. The molecule has 1 atom stereocenters. The predicted octanol–water partition coefficient (Wildman–Crippen LogP) is 1.38. The van der Waals surface area contributed by atoms with Gasteiger partial charge in [0.05, 0.1) is 0 Å². The fraction of sp³-hybridized carbons (Fsp3) is 0.562. The van der Waals surface area contributed by atoms with Crippen LogP contribution in [0, 0.1) is 5.92 Å². The minimum absolute atomic E-state index is 0.276. The second-order valence-corrected chi connectivity index (χ2v) is 5.82. The van der Waals surface area contributed by atoms with Gasteiger partial charge in [0.1, 0.15) is 17.9 Å². The van der Waals surface area contributed by atoms with Crippen molar-refractivity contribution < 1.29 is 9.53 Å². The Labute approximate surface area is 126 Å². The second-order valence-electron chi connectivity index (χ2n) is 5.82. The molecule has 0 radical (unpaired) electrons. The largest absolute Gasteiger partial charge is 0.491 e. The second kappa shape index (κ2) is 6.35. The number of primary amides is 1. The first-order valence-corrected chi connectivity index (χ1v) is 7.44. The lowest BCUT2D eigenvalue weighted by Gasteiger charge is -2.31. The van der Waals surface area contributed by atoms with Gasteiger partial charge < -0.3 is 20.7 Å². The molecule has 0 heterocycles. The Morgan fingerprint density at radius 2 is 2.19 bits per heavy atom. The summed E-state index contributed by atoms with van der Waals surface area (Å²) in [6.07, 6.45) is 2.05. The van der Waals surface area contributed by atoms with Crippen molar-refractivity contribution >= 4 is 11.6 Å². The number of hydrogen-bond donors (Lipinski definition) is 2. The molecule has 2 rings (SSSR count). The molecule has 3 N–H and O–H groups in total. The fourth-order valence-corrected chi connectivity index (χ4v) is 2.61. The fourth-order valence-electron chi connectivity index (χ4n) is 2.61. The summed E-state index contributed by atoms with van der Waals surface area (Å²) in [6, 6.07) is 7.82. The number of amides is 1. The highest BCUT2D eigenvalue weighted by Crippen LogP contribution is 2.40. The molecule has 1 saturated carbocycles. The van der Waals surface area contributed by atoms with Crippen LogP contribution in [0.5, 0.6) is 5.75 Å². The van der Waals surface area contributed by atoms with Gasteiger partial charge in [0.2, 0.25) is 5.91 Å². The molecule has 1 aliphatic carbocycles. The summed E-state index contributed by atoms with van der Waals surface area (Å²) in [4.78, 5) is 14.0. The average molecular weight is 291 g/mol. The molecule has 0 saturated heterocycles. The maximum atomic E-state index is 12.0. The topological polar surface area (TPSA) is 67.6 Å². The Morgan fingerprint density at radius 1 is 1.48 bits per heavy atom. The van der Waals surface area contributed by atoms with Crippen LogP contribution in [0.3, 0.4) is 0 Å². The number of nitrogens with one attached hydrogen (secondary N) is 1. The molecule has 0 aliphatic heterocycles. The molecule has 1 aliphatic rings. The van der Waals surface area contributed by atoms with E-state index >= 15 is 0 Å². The Hall–Kier alpha value is -1.75. The van der Waals surface area contributed by atoms with E-state index in [1.165, 1.54) is 0 Å². The summed E-state index contributed by atoms with van der Waals surface area (Å²) >= 11 is 0. The molecule has 1 aromatic carbocycles. The van der Waals surface area contributed by atoms with Crippen molar-refractivity contribution in [1.29, 1.82) is 0 Å². The van der Waals surface area contributed by atoms with Gasteiger partial charge in [-0.3, -0.25) is 4.79 Å². The zero-order chi connectivity index (χ0) is 15.5. The van der Waals surface area contributed by atoms with E-state index in [1.807, 2.05) is 50.2 Å². The van der Waals surface area contributed by atoms with Crippen molar-refractivity contribution in [1.82, 2.24) is 5.32 Å². The van der Waals surface area contributed by atoms with Crippen LogP contribution in [0.2, 0.25) is 0 Å². The maximum absolute atomic E-state index is 12.0. The van der Waals surface area contributed by atoms with E-state index in [2.05, 4.69) is 5.32 Å². The first-order valence-electron chi connectivity index (χ1n) is 7.44. The Kier molecular flexibility index (Phi) is 4.73. The van der Waals surface area contributed by atoms with E-state index in [4.69, 9.17) is 10.5 Å². The first kappa shape index (κ1) is 15.6. The summed E-state index contributed by atoms with van der Waals surface area (Å²) < 4.78 is 5.89. The number of anilines is 1. The smallest absolute Gasteiger partial charge is 0.241 e. The standard InChI is InChI=1S/C16H25N3O2/c1-4-18-16(15(17)20,12-8-9-12)11-21-14-7-5-6-13(10-14)19(2)3/h5-7,10,12,18H,4,8-9,11H2,1-3H3,(H2,17,20). The number of ether oxygens (including phenoxy) is 1. The summed E-state index contributed by atoms with van der Waals surface area (Å²) in [5.74, 6) is 0.716. The van der Waals surface area contributed by atoms with E-state index in [0.29, 0.717) is 6.54 Å². The summed E-state index contributed by atoms with van der Waals surface area (Å²) in [6.45, 7) is 2.95. The number of hydrogen-bond acceptors (Lipinski definition) is 4. The van der Waals surface area contributed by atoms with Crippen molar-refractivity contribution in [2.24, 2.45) is 11.7 Å². The number of carbonyl (C=O) groups excluding carboxylic acids is 1. The Morgan fingerprint density at radius 3 is 2.71 bits per heavy atom. The number of nitrogens with two attached hydrogens (primary N) is 1. The minimum Gasteiger partial charge on any atom is -0.491 e. The van der Waals surface area contributed by atoms with Gasteiger partial charge in [0.25, 0.3) is 0 Å². The van der Waals surface area contributed by atoms with Gasteiger partial charge in [0, 0.05) is 25.8 Å². The molecule has 1 fully saturated rings. The van der Waals surface area contributed by atoms with Gasteiger partial charge in [-0.1, -0.05) is 13.0 Å². The minimum atomic E-state index is -0.747. The van der Waals surface area contributed by atoms with Crippen LogP contribution in [0.25, 0.3) is 0 Å². The summed E-state index contributed by atoms with van der Waals surface area (Å²) in [5, 5.41) is 3.26. The Bertz CT molecular complexity index is 500. The van der Waals surface area contributed by atoms with Gasteiger partial charge in [-0.05, 0) is 37.4 Å². The molecule has 116 valence electrons. The number of carbonyl (C=O) groups is 1. The van der Waals surface area contributed by atoms with Gasteiger partial charge in [0.15, 0.2) is 0 Å². The van der Waals surface area contributed by atoms with Crippen LogP contribution >= 0.6 is 0 Å². The molecule has 1 unspecified atom stereocenters. The highest BCUT2D eigenvalue weighted by Gasteiger charge is 2.50. The van der Waals surface area contributed by atoms with Crippen molar-refractivity contribution in [2.45, 2.75) is 25.3 Å². The molecule has 0 bridgehead atoms. The summed E-state index contributed by atoms with van der Waals surface area (Å²) in [5.41, 5.74) is 5.97. The van der Waals surface area contributed by atoms with Gasteiger partial charge in [-0.15, -0.1) is 0 Å². The zero-order valence-corrected chi connectivity index (χ0v) is 13.1. The lowest BCUT2D eigenvalue weighted by molar-refractivity contribution is -0.126. The molecular formula is C16H25N3O2. The Balaban J connectivity index is 2.11. The van der Waals surface area contributed by atoms with E-state index in [-0.39, 0.29) is 18.4 Å². The number of benzene rings is 1. The SMILES string of the molecule is CCNC(COc1cccc(N(C)C)c1)(C(N)=O)C1CC1. The van der Waals surface area contributed by atoms with E-state index < -0.39 is 5.54 Å². The van der Waals surface area contributed by atoms with Crippen LogP contribution < -0.4 is 20.7 Å². The van der Waals surface area contributed by atoms with Crippen molar-refractivity contribution in [3.05, 3.63) is 24.3 Å².